The fraction of sp³-hybridized carbons (Fsp3) is 0.208. The minimum absolute atomic E-state index is 0.124. The molecule has 7 heteroatoms. The molecular formula is C24H22BrN3O3. The second-order valence-electron chi connectivity index (χ2n) is 7.56. The number of benzene rings is 2. The summed E-state index contributed by atoms with van der Waals surface area (Å²) in [5.41, 5.74) is 2.46. The van der Waals surface area contributed by atoms with Crippen LogP contribution in [0.1, 0.15) is 29.2 Å². The first-order valence-corrected chi connectivity index (χ1v) is 10.8. The van der Waals surface area contributed by atoms with Gasteiger partial charge in [0.05, 0.1) is 17.9 Å². The van der Waals surface area contributed by atoms with Crippen LogP contribution in [0.15, 0.2) is 77.3 Å². The van der Waals surface area contributed by atoms with E-state index in [1.54, 1.807) is 29.6 Å². The normalized spacial score (nSPS) is 18.0. The summed E-state index contributed by atoms with van der Waals surface area (Å²) in [4.78, 5) is 31.5. The number of halogens is 1. The van der Waals surface area contributed by atoms with E-state index in [2.05, 4.69) is 20.9 Å². The van der Waals surface area contributed by atoms with Gasteiger partial charge in [-0.15, -0.1) is 0 Å². The van der Waals surface area contributed by atoms with E-state index in [0.717, 1.165) is 15.6 Å². The van der Waals surface area contributed by atoms with Gasteiger partial charge in [-0.1, -0.05) is 57.9 Å². The number of rotatable bonds is 6. The maximum absolute atomic E-state index is 13.0. The molecule has 1 aliphatic heterocycles. The molecule has 0 bridgehead atoms. The Bertz CT molecular complexity index is 1120. The maximum atomic E-state index is 13.0. The average molecular weight is 480 g/mol. The van der Waals surface area contributed by atoms with Gasteiger partial charge in [0.15, 0.2) is 0 Å². The number of hydrogen-bond donors (Lipinski definition) is 1. The quantitative estimate of drug-likeness (QED) is 0.321. The highest BCUT2D eigenvalue weighted by Gasteiger charge is 2.45. The van der Waals surface area contributed by atoms with Crippen LogP contribution in [0.25, 0.3) is 5.76 Å². The lowest BCUT2D eigenvalue weighted by molar-refractivity contribution is -0.139. The molecule has 2 aromatic carbocycles. The van der Waals surface area contributed by atoms with E-state index in [4.69, 9.17) is 0 Å². The predicted octanol–water partition coefficient (Wildman–Crippen LogP) is 4.47. The Labute approximate surface area is 189 Å². The maximum Gasteiger partial charge on any atom is 0.295 e. The number of Topliss-reactive ketones (excluding diaryl/α,β-unsaturated/α-hetero) is 1. The van der Waals surface area contributed by atoms with Crippen molar-refractivity contribution >= 4 is 33.4 Å². The molecule has 0 spiro atoms. The number of hydrogen-bond acceptors (Lipinski definition) is 4. The fourth-order valence-corrected chi connectivity index (χ4v) is 4.08. The molecule has 158 valence electrons. The molecule has 4 rings (SSSR count). The molecule has 1 N–H and O–H groups in total. The van der Waals surface area contributed by atoms with Crippen molar-refractivity contribution in [3.8, 4) is 0 Å². The SMILES string of the molecule is Cc1ccc(/C(O)=C2/C(=O)C(=O)N(CCCn3ccnc3)C2c2ccc(Br)cc2)cc1. The minimum Gasteiger partial charge on any atom is -0.507 e. The van der Waals surface area contributed by atoms with E-state index in [-0.39, 0.29) is 11.3 Å². The molecule has 0 saturated carbocycles. The van der Waals surface area contributed by atoms with Crippen molar-refractivity contribution in [3.63, 3.8) is 0 Å². The highest BCUT2D eigenvalue weighted by molar-refractivity contribution is 9.10. The number of aryl methyl sites for hydroxylation is 2. The van der Waals surface area contributed by atoms with Crippen molar-refractivity contribution in [1.29, 1.82) is 0 Å². The van der Waals surface area contributed by atoms with E-state index >= 15 is 0 Å². The molecule has 1 atom stereocenters. The Balaban J connectivity index is 1.72. The summed E-state index contributed by atoms with van der Waals surface area (Å²) < 4.78 is 2.82. The molecule has 1 aliphatic rings. The summed E-state index contributed by atoms with van der Waals surface area (Å²) in [5.74, 6) is -1.40. The molecule has 0 aliphatic carbocycles. The van der Waals surface area contributed by atoms with Crippen LogP contribution >= 0.6 is 15.9 Å². The Hall–Kier alpha value is -3.19. The van der Waals surface area contributed by atoms with Crippen molar-refractivity contribution in [2.24, 2.45) is 0 Å². The van der Waals surface area contributed by atoms with Crippen molar-refractivity contribution in [1.82, 2.24) is 14.5 Å². The fourth-order valence-electron chi connectivity index (χ4n) is 3.81. The molecule has 31 heavy (non-hydrogen) atoms. The summed E-state index contributed by atoms with van der Waals surface area (Å²) in [6.07, 6.45) is 5.94. The molecule has 1 fully saturated rings. The van der Waals surface area contributed by atoms with Crippen LogP contribution in [-0.4, -0.2) is 37.8 Å². The smallest absolute Gasteiger partial charge is 0.295 e. The Morgan fingerprint density at radius 2 is 1.77 bits per heavy atom. The van der Waals surface area contributed by atoms with Gasteiger partial charge in [0.2, 0.25) is 0 Å². The summed E-state index contributed by atoms with van der Waals surface area (Å²) in [7, 11) is 0. The standard InChI is InChI=1S/C24H22BrN3O3/c1-16-3-5-18(6-4-16)22(29)20-21(17-7-9-19(25)10-8-17)28(24(31)23(20)30)13-2-12-27-14-11-26-15-27/h3-11,14-15,21,29H,2,12-13H2,1H3/b22-20-. The highest BCUT2D eigenvalue weighted by Crippen LogP contribution is 2.39. The molecule has 1 unspecified atom stereocenters. The van der Waals surface area contributed by atoms with Gasteiger partial charge in [-0.2, -0.15) is 0 Å². The van der Waals surface area contributed by atoms with Gasteiger partial charge in [-0.05, 0) is 31.0 Å². The monoisotopic (exact) mass is 479 g/mol. The second-order valence-corrected chi connectivity index (χ2v) is 8.48. The number of nitrogens with zero attached hydrogens (tertiary/aromatic N) is 3. The van der Waals surface area contributed by atoms with Crippen molar-refractivity contribution in [3.05, 3.63) is 94.0 Å². The molecular weight excluding hydrogens is 458 g/mol. The minimum atomic E-state index is -0.659. The number of ketones is 1. The van der Waals surface area contributed by atoms with E-state index < -0.39 is 17.7 Å². The van der Waals surface area contributed by atoms with E-state index in [0.29, 0.717) is 25.1 Å². The number of likely N-dealkylation sites (tertiary alicyclic amines) is 1. The third-order valence-electron chi connectivity index (χ3n) is 5.43. The van der Waals surface area contributed by atoms with Crippen LogP contribution in [0.3, 0.4) is 0 Å². The van der Waals surface area contributed by atoms with E-state index in [1.165, 1.54) is 0 Å². The summed E-state index contributed by atoms with van der Waals surface area (Å²) in [6, 6.07) is 14.1. The Kier molecular flexibility index (Phi) is 6.04. The molecule has 1 aromatic heterocycles. The van der Waals surface area contributed by atoms with Gasteiger partial charge in [0, 0.05) is 35.5 Å². The zero-order chi connectivity index (χ0) is 22.0. The number of carbonyl (C=O) groups is 2. The third kappa shape index (κ3) is 4.32. The van der Waals surface area contributed by atoms with Crippen LogP contribution in [0.4, 0.5) is 0 Å². The van der Waals surface area contributed by atoms with Crippen LogP contribution in [0.2, 0.25) is 0 Å². The average Bonchev–Trinajstić information content (AvgIpc) is 3.37. The van der Waals surface area contributed by atoms with Gasteiger partial charge in [0.25, 0.3) is 11.7 Å². The van der Waals surface area contributed by atoms with Gasteiger partial charge in [0.1, 0.15) is 5.76 Å². The lowest BCUT2D eigenvalue weighted by Gasteiger charge is -2.25. The van der Waals surface area contributed by atoms with E-state index in [1.807, 2.05) is 54.1 Å². The Morgan fingerprint density at radius 3 is 2.42 bits per heavy atom. The first-order valence-electron chi connectivity index (χ1n) is 10.0. The zero-order valence-corrected chi connectivity index (χ0v) is 18.6. The largest absolute Gasteiger partial charge is 0.507 e. The summed E-state index contributed by atoms with van der Waals surface area (Å²) >= 11 is 3.43. The van der Waals surface area contributed by atoms with Crippen LogP contribution in [0, 0.1) is 6.92 Å². The second kappa shape index (κ2) is 8.89. The molecule has 0 radical (unpaired) electrons. The molecule has 2 heterocycles. The number of aromatic nitrogens is 2. The van der Waals surface area contributed by atoms with Crippen LogP contribution < -0.4 is 0 Å². The van der Waals surface area contributed by atoms with Crippen LogP contribution in [-0.2, 0) is 16.1 Å². The first-order chi connectivity index (χ1) is 15.0. The number of imidazole rings is 1. The lowest BCUT2D eigenvalue weighted by atomic mass is 9.95. The van der Waals surface area contributed by atoms with Gasteiger partial charge in [-0.3, -0.25) is 9.59 Å². The number of carbonyl (C=O) groups excluding carboxylic acids is 2. The van der Waals surface area contributed by atoms with Crippen molar-refractivity contribution < 1.29 is 14.7 Å². The molecule has 3 aromatic rings. The van der Waals surface area contributed by atoms with Crippen molar-refractivity contribution in [2.45, 2.75) is 25.9 Å². The summed E-state index contributed by atoms with van der Waals surface area (Å²) in [5, 5.41) is 11.0. The van der Waals surface area contributed by atoms with Gasteiger partial charge >= 0.3 is 0 Å². The van der Waals surface area contributed by atoms with Gasteiger partial charge in [-0.25, -0.2) is 4.98 Å². The van der Waals surface area contributed by atoms with Crippen molar-refractivity contribution in [2.75, 3.05) is 6.54 Å². The topological polar surface area (TPSA) is 75.4 Å². The lowest BCUT2D eigenvalue weighted by Crippen LogP contribution is -2.31. The van der Waals surface area contributed by atoms with Crippen LogP contribution in [0.5, 0.6) is 0 Å². The number of aliphatic hydroxyl groups excluding tert-OH is 1. The number of amides is 1. The van der Waals surface area contributed by atoms with Gasteiger partial charge < -0.3 is 14.6 Å². The molecule has 1 saturated heterocycles. The molecule has 1 amide bonds. The first kappa shape index (κ1) is 21.1. The predicted molar refractivity (Wildman–Crippen MR) is 121 cm³/mol. The number of aliphatic hydroxyl groups is 1. The molecule has 6 nitrogen and oxygen atoms in total. The third-order valence-corrected chi connectivity index (χ3v) is 5.95. The zero-order valence-electron chi connectivity index (χ0n) is 17.0. The highest BCUT2D eigenvalue weighted by atomic mass is 79.9. The summed E-state index contributed by atoms with van der Waals surface area (Å²) in [6.45, 7) is 3.01. The van der Waals surface area contributed by atoms with E-state index in [9.17, 15) is 14.7 Å². The Morgan fingerprint density at radius 1 is 1.06 bits per heavy atom.